The van der Waals surface area contributed by atoms with E-state index in [-0.39, 0.29) is 12.1 Å². The fraction of sp³-hybridized carbons (Fsp3) is 0.571. The van der Waals surface area contributed by atoms with E-state index in [1.54, 1.807) is 18.3 Å². The van der Waals surface area contributed by atoms with Crippen LogP contribution >= 0.6 is 11.6 Å². The first-order valence-corrected chi connectivity index (χ1v) is 7.52. The molecule has 2 saturated heterocycles. The van der Waals surface area contributed by atoms with Crippen LogP contribution in [-0.4, -0.2) is 41.1 Å². The molecule has 108 valence electrons. The van der Waals surface area contributed by atoms with Gasteiger partial charge in [0.2, 0.25) is 0 Å². The minimum Gasteiger partial charge on any atom is -0.335 e. The summed E-state index contributed by atoms with van der Waals surface area (Å²) in [6, 6.07) is 4.20. The Bertz CT molecular complexity index is 496. The number of amides is 2. The van der Waals surface area contributed by atoms with E-state index in [2.05, 4.69) is 20.5 Å². The van der Waals surface area contributed by atoms with E-state index in [9.17, 15) is 4.79 Å². The molecule has 0 spiro atoms. The van der Waals surface area contributed by atoms with E-state index < -0.39 is 0 Å². The number of carbonyl (C=O) groups is 1. The summed E-state index contributed by atoms with van der Waals surface area (Å²) in [5.41, 5.74) is 0.546. The number of nitrogens with zero attached hydrogens (tertiary/aromatic N) is 2. The number of pyridine rings is 1. The average molecular weight is 295 g/mol. The van der Waals surface area contributed by atoms with Crippen LogP contribution in [-0.2, 0) is 0 Å². The van der Waals surface area contributed by atoms with E-state index in [1.165, 1.54) is 19.4 Å². The van der Waals surface area contributed by atoms with E-state index in [0.29, 0.717) is 16.9 Å². The minimum absolute atomic E-state index is 0.198. The lowest BCUT2D eigenvalue weighted by Crippen LogP contribution is -2.48. The molecule has 1 aromatic rings. The van der Waals surface area contributed by atoms with Crippen molar-refractivity contribution in [2.45, 2.75) is 37.8 Å². The number of anilines is 1. The predicted octanol–water partition coefficient (Wildman–Crippen LogP) is 2.48. The van der Waals surface area contributed by atoms with Gasteiger partial charge in [-0.25, -0.2) is 9.78 Å². The van der Waals surface area contributed by atoms with Gasteiger partial charge in [0, 0.05) is 24.8 Å². The maximum atomic E-state index is 12.0. The Balaban J connectivity index is 1.53. The lowest BCUT2D eigenvalue weighted by atomic mass is 9.98. The predicted molar refractivity (Wildman–Crippen MR) is 79.0 cm³/mol. The van der Waals surface area contributed by atoms with Crippen LogP contribution in [0.25, 0.3) is 0 Å². The van der Waals surface area contributed by atoms with Gasteiger partial charge in [-0.15, -0.1) is 0 Å². The highest BCUT2D eigenvalue weighted by atomic mass is 35.5. The molecular weight excluding hydrogens is 276 g/mol. The van der Waals surface area contributed by atoms with E-state index >= 15 is 0 Å². The molecule has 2 atom stereocenters. The summed E-state index contributed by atoms with van der Waals surface area (Å²) < 4.78 is 0. The lowest BCUT2D eigenvalue weighted by Gasteiger charge is -2.35. The molecule has 0 saturated carbocycles. The Morgan fingerprint density at radius 2 is 2.30 bits per heavy atom. The number of carbonyl (C=O) groups excluding carboxylic acids is 1. The number of hydrogen-bond donors (Lipinski definition) is 2. The lowest BCUT2D eigenvalue weighted by molar-refractivity contribution is 0.168. The van der Waals surface area contributed by atoms with Crippen LogP contribution in [0.3, 0.4) is 0 Å². The first kappa shape index (κ1) is 13.6. The third-order valence-electron chi connectivity index (χ3n) is 4.16. The molecule has 2 aliphatic rings. The second-order valence-electron chi connectivity index (χ2n) is 5.49. The van der Waals surface area contributed by atoms with Gasteiger partial charge in [0.05, 0.1) is 5.69 Å². The Morgan fingerprint density at radius 1 is 1.40 bits per heavy atom. The Kier molecular flexibility index (Phi) is 4.08. The largest absolute Gasteiger partial charge is 0.335 e. The molecule has 2 N–H and O–H groups in total. The summed E-state index contributed by atoms with van der Waals surface area (Å²) in [5.74, 6) is 0. The molecule has 0 aliphatic carbocycles. The minimum atomic E-state index is -0.198. The van der Waals surface area contributed by atoms with Crippen molar-refractivity contribution in [1.82, 2.24) is 15.2 Å². The Labute approximate surface area is 123 Å². The quantitative estimate of drug-likeness (QED) is 0.824. The van der Waals surface area contributed by atoms with Gasteiger partial charge in [0.25, 0.3) is 0 Å². The molecule has 0 aromatic carbocycles. The van der Waals surface area contributed by atoms with Crippen LogP contribution in [0, 0.1) is 0 Å². The number of rotatable bonds is 2. The van der Waals surface area contributed by atoms with Crippen LogP contribution in [0.2, 0.25) is 5.15 Å². The summed E-state index contributed by atoms with van der Waals surface area (Å²) in [5, 5.41) is 6.12. The standard InChI is InChI=1S/C14H19ClN4O/c15-13-12(4-1-6-16-13)18-14(20)17-10-5-8-19-7-2-3-11(19)9-10/h1,4,6,10-11H,2-3,5,7-9H2,(H2,17,18,20)/t10-,11-/m0/s1. The Morgan fingerprint density at radius 3 is 3.15 bits per heavy atom. The topological polar surface area (TPSA) is 57.3 Å². The normalized spacial score (nSPS) is 26.1. The number of urea groups is 1. The van der Waals surface area contributed by atoms with Gasteiger partial charge in [0.15, 0.2) is 5.15 Å². The van der Waals surface area contributed by atoms with Crippen molar-refractivity contribution in [3.05, 3.63) is 23.5 Å². The molecule has 2 fully saturated rings. The van der Waals surface area contributed by atoms with E-state index in [0.717, 1.165) is 19.4 Å². The number of halogens is 1. The molecule has 20 heavy (non-hydrogen) atoms. The highest BCUT2D eigenvalue weighted by molar-refractivity contribution is 6.32. The van der Waals surface area contributed by atoms with E-state index in [1.807, 2.05) is 0 Å². The number of fused-ring (bicyclic) bond motifs is 1. The molecular formula is C14H19ClN4O. The molecule has 6 heteroatoms. The van der Waals surface area contributed by atoms with Crippen LogP contribution in [0.5, 0.6) is 0 Å². The maximum absolute atomic E-state index is 12.0. The summed E-state index contributed by atoms with van der Waals surface area (Å²) in [4.78, 5) is 18.5. The summed E-state index contributed by atoms with van der Waals surface area (Å²) in [6.07, 6.45) is 6.21. The van der Waals surface area contributed by atoms with Crippen molar-refractivity contribution in [1.29, 1.82) is 0 Å². The van der Waals surface area contributed by atoms with Gasteiger partial charge in [-0.1, -0.05) is 11.6 Å². The van der Waals surface area contributed by atoms with Crippen LogP contribution in [0.1, 0.15) is 25.7 Å². The number of hydrogen-bond acceptors (Lipinski definition) is 3. The summed E-state index contributed by atoms with van der Waals surface area (Å²) in [6.45, 7) is 2.30. The fourth-order valence-electron chi connectivity index (χ4n) is 3.18. The second kappa shape index (κ2) is 5.97. The molecule has 2 aliphatic heterocycles. The first-order chi connectivity index (χ1) is 9.72. The van der Waals surface area contributed by atoms with Gasteiger partial charge in [-0.3, -0.25) is 0 Å². The van der Waals surface area contributed by atoms with Crippen LogP contribution in [0.4, 0.5) is 10.5 Å². The summed E-state index contributed by atoms with van der Waals surface area (Å²) >= 11 is 5.92. The maximum Gasteiger partial charge on any atom is 0.319 e. The first-order valence-electron chi connectivity index (χ1n) is 7.14. The average Bonchev–Trinajstić information content (AvgIpc) is 2.89. The van der Waals surface area contributed by atoms with Gasteiger partial charge in [-0.05, 0) is 44.4 Å². The fourth-order valence-corrected chi connectivity index (χ4v) is 3.35. The number of nitrogens with one attached hydrogen (secondary N) is 2. The van der Waals surface area contributed by atoms with Gasteiger partial charge < -0.3 is 15.5 Å². The highest BCUT2D eigenvalue weighted by Crippen LogP contribution is 2.27. The van der Waals surface area contributed by atoms with Crippen molar-refractivity contribution in [2.75, 3.05) is 18.4 Å². The highest BCUT2D eigenvalue weighted by Gasteiger charge is 2.32. The summed E-state index contributed by atoms with van der Waals surface area (Å²) in [7, 11) is 0. The molecule has 1 aromatic heterocycles. The molecule has 2 amide bonds. The van der Waals surface area contributed by atoms with Crippen molar-refractivity contribution in [3.8, 4) is 0 Å². The van der Waals surface area contributed by atoms with Gasteiger partial charge in [-0.2, -0.15) is 0 Å². The molecule has 3 heterocycles. The van der Waals surface area contributed by atoms with Crippen molar-refractivity contribution in [2.24, 2.45) is 0 Å². The third kappa shape index (κ3) is 3.04. The molecule has 0 unspecified atom stereocenters. The van der Waals surface area contributed by atoms with Gasteiger partial charge in [0.1, 0.15) is 0 Å². The van der Waals surface area contributed by atoms with Crippen molar-refractivity contribution in [3.63, 3.8) is 0 Å². The van der Waals surface area contributed by atoms with Crippen LogP contribution < -0.4 is 10.6 Å². The molecule has 3 rings (SSSR count). The second-order valence-corrected chi connectivity index (χ2v) is 5.85. The van der Waals surface area contributed by atoms with Gasteiger partial charge >= 0.3 is 6.03 Å². The molecule has 0 radical (unpaired) electrons. The van der Waals surface area contributed by atoms with E-state index in [4.69, 9.17) is 11.6 Å². The van der Waals surface area contributed by atoms with Crippen molar-refractivity contribution < 1.29 is 4.79 Å². The zero-order valence-electron chi connectivity index (χ0n) is 11.3. The number of piperidine rings is 1. The smallest absolute Gasteiger partial charge is 0.319 e. The third-order valence-corrected chi connectivity index (χ3v) is 4.46. The zero-order chi connectivity index (χ0) is 13.9. The SMILES string of the molecule is O=C(Nc1cccnc1Cl)N[C@H]1CCN2CCC[C@H]2C1. The molecule has 5 nitrogen and oxygen atoms in total. The van der Waals surface area contributed by atoms with Crippen LogP contribution in [0.15, 0.2) is 18.3 Å². The number of aromatic nitrogens is 1. The zero-order valence-corrected chi connectivity index (χ0v) is 12.1. The Hall–Kier alpha value is -1.33. The van der Waals surface area contributed by atoms with Crippen molar-refractivity contribution >= 4 is 23.3 Å². The molecule has 0 bridgehead atoms. The monoisotopic (exact) mass is 294 g/mol.